The van der Waals surface area contributed by atoms with Crippen molar-refractivity contribution in [2.75, 3.05) is 39.3 Å². The van der Waals surface area contributed by atoms with Crippen molar-refractivity contribution >= 4 is 6.03 Å². The van der Waals surface area contributed by atoms with Crippen molar-refractivity contribution in [1.29, 1.82) is 0 Å². The Hall–Kier alpha value is -0.810. The second kappa shape index (κ2) is 5.69. The van der Waals surface area contributed by atoms with Crippen molar-refractivity contribution in [3.05, 3.63) is 0 Å². The van der Waals surface area contributed by atoms with Crippen LogP contribution in [-0.2, 0) is 0 Å². The second-order valence-electron chi connectivity index (χ2n) is 5.29. The highest BCUT2D eigenvalue weighted by molar-refractivity contribution is 5.74. The molecule has 2 N–H and O–H groups in total. The van der Waals surface area contributed by atoms with Crippen molar-refractivity contribution in [1.82, 2.24) is 20.4 Å². The molecule has 0 atom stereocenters. The Balaban J connectivity index is 1.80. The van der Waals surface area contributed by atoms with Gasteiger partial charge in [-0.3, -0.25) is 4.90 Å². The number of urea groups is 1. The summed E-state index contributed by atoms with van der Waals surface area (Å²) in [6.07, 6.45) is 1.09. The molecular weight excluding hydrogens is 216 g/mol. The Morgan fingerprint density at radius 2 is 2.00 bits per heavy atom. The summed E-state index contributed by atoms with van der Waals surface area (Å²) in [5.74, 6) is 0. The first kappa shape index (κ1) is 12.6. The van der Waals surface area contributed by atoms with Crippen LogP contribution in [0.1, 0.15) is 20.3 Å². The highest BCUT2D eigenvalue weighted by Gasteiger charge is 2.27. The fourth-order valence-corrected chi connectivity index (χ4v) is 2.38. The quantitative estimate of drug-likeness (QED) is 0.719. The molecule has 0 unspecified atom stereocenters. The molecule has 2 aliphatic rings. The lowest BCUT2D eigenvalue weighted by Crippen LogP contribution is -2.58. The first-order chi connectivity index (χ1) is 8.16. The summed E-state index contributed by atoms with van der Waals surface area (Å²) in [5, 5.41) is 6.27. The van der Waals surface area contributed by atoms with Crippen molar-refractivity contribution in [3.63, 3.8) is 0 Å². The Labute approximate surface area is 104 Å². The van der Waals surface area contributed by atoms with Crippen LogP contribution < -0.4 is 10.6 Å². The Kier molecular flexibility index (Phi) is 4.23. The molecule has 5 nitrogen and oxygen atoms in total. The van der Waals surface area contributed by atoms with E-state index in [1.807, 2.05) is 18.7 Å². The molecule has 0 aromatic rings. The van der Waals surface area contributed by atoms with E-state index in [1.54, 1.807) is 0 Å². The van der Waals surface area contributed by atoms with Crippen LogP contribution in [0.5, 0.6) is 0 Å². The number of carbonyl (C=O) groups excluding carboxylic acids is 1. The molecule has 17 heavy (non-hydrogen) atoms. The van der Waals surface area contributed by atoms with Gasteiger partial charge in [-0.15, -0.1) is 0 Å². The van der Waals surface area contributed by atoms with Gasteiger partial charge in [0.05, 0.1) is 0 Å². The van der Waals surface area contributed by atoms with Gasteiger partial charge >= 0.3 is 6.03 Å². The van der Waals surface area contributed by atoms with Gasteiger partial charge in [-0.2, -0.15) is 0 Å². The summed E-state index contributed by atoms with van der Waals surface area (Å²) in [5.41, 5.74) is 0. The molecule has 2 amide bonds. The maximum atomic E-state index is 11.9. The number of hydrogen-bond donors (Lipinski definition) is 2. The molecule has 0 saturated carbocycles. The first-order valence-electron chi connectivity index (χ1n) is 6.67. The smallest absolute Gasteiger partial charge is 0.317 e. The van der Waals surface area contributed by atoms with Crippen LogP contribution in [0.15, 0.2) is 0 Å². The minimum Gasteiger partial charge on any atom is -0.336 e. The van der Waals surface area contributed by atoms with Crippen LogP contribution in [0.4, 0.5) is 4.79 Å². The number of nitrogens with one attached hydrogen (secondary N) is 2. The van der Waals surface area contributed by atoms with Crippen LogP contribution in [0.2, 0.25) is 0 Å². The van der Waals surface area contributed by atoms with Gasteiger partial charge in [0.25, 0.3) is 0 Å². The molecule has 0 aromatic heterocycles. The fourth-order valence-electron chi connectivity index (χ4n) is 2.38. The summed E-state index contributed by atoms with van der Waals surface area (Å²) in [6, 6.07) is 1.01. The topological polar surface area (TPSA) is 47.6 Å². The maximum absolute atomic E-state index is 11.9. The van der Waals surface area contributed by atoms with E-state index in [-0.39, 0.29) is 12.1 Å². The molecule has 0 radical (unpaired) electrons. The van der Waals surface area contributed by atoms with Gasteiger partial charge in [-0.25, -0.2) is 4.79 Å². The number of rotatable bonds is 2. The first-order valence-corrected chi connectivity index (χ1v) is 6.67. The highest BCUT2D eigenvalue weighted by atomic mass is 16.2. The fraction of sp³-hybridized carbons (Fsp3) is 0.917. The van der Waals surface area contributed by atoms with Crippen LogP contribution in [0.3, 0.4) is 0 Å². The Morgan fingerprint density at radius 3 is 2.59 bits per heavy atom. The second-order valence-corrected chi connectivity index (χ2v) is 5.29. The highest BCUT2D eigenvalue weighted by Crippen LogP contribution is 2.10. The third-order valence-electron chi connectivity index (χ3n) is 3.51. The van der Waals surface area contributed by atoms with Crippen molar-refractivity contribution < 1.29 is 4.79 Å². The summed E-state index contributed by atoms with van der Waals surface area (Å²) >= 11 is 0. The van der Waals surface area contributed by atoms with E-state index in [0.29, 0.717) is 6.04 Å². The lowest BCUT2D eigenvalue weighted by Gasteiger charge is -2.37. The molecule has 0 aliphatic carbocycles. The number of amides is 2. The van der Waals surface area contributed by atoms with Crippen LogP contribution in [0, 0.1) is 0 Å². The van der Waals surface area contributed by atoms with E-state index in [9.17, 15) is 4.79 Å². The number of nitrogens with zero attached hydrogens (tertiary/aromatic N) is 2. The van der Waals surface area contributed by atoms with Gasteiger partial charge in [0.15, 0.2) is 0 Å². The van der Waals surface area contributed by atoms with E-state index in [1.165, 1.54) is 0 Å². The summed E-state index contributed by atoms with van der Waals surface area (Å²) in [4.78, 5) is 16.4. The largest absolute Gasteiger partial charge is 0.336 e. The van der Waals surface area contributed by atoms with Crippen LogP contribution in [-0.4, -0.2) is 67.2 Å². The summed E-state index contributed by atoms with van der Waals surface area (Å²) in [6.45, 7) is 10.1. The molecule has 2 fully saturated rings. The third-order valence-corrected chi connectivity index (χ3v) is 3.51. The molecule has 0 bridgehead atoms. The van der Waals surface area contributed by atoms with Crippen molar-refractivity contribution in [2.45, 2.75) is 32.4 Å². The molecule has 0 aromatic carbocycles. The molecule has 2 heterocycles. The van der Waals surface area contributed by atoms with Crippen LogP contribution in [0.25, 0.3) is 0 Å². The molecule has 2 aliphatic heterocycles. The Morgan fingerprint density at radius 1 is 1.24 bits per heavy atom. The van der Waals surface area contributed by atoms with Crippen molar-refractivity contribution in [2.24, 2.45) is 0 Å². The standard InChI is InChI=1S/C12H24N4O/c1-10(2)14-12(17)16-5-3-4-15(6-7-16)11-8-13-9-11/h10-11,13H,3-9H2,1-2H3,(H,14,17). The minimum atomic E-state index is 0.0913. The van der Waals surface area contributed by atoms with Crippen molar-refractivity contribution in [3.8, 4) is 0 Å². The normalized spacial score (nSPS) is 23.4. The molecule has 2 saturated heterocycles. The summed E-state index contributed by atoms with van der Waals surface area (Å²) in [7, 11) is 0. The predicted molar refractivity (Wildman–Crippen MR) is 68.1 cm³/mol. The number of carbonyl (C=O) groups is 1. The SMILES string of the molecule is CC(C)NC(=O)N1CCCN(C2CNC2)CC1. The molecular formula is C12H24N4O. The molecule has 2 rings (SSSR count). The monoisotopic (exact) mass is 240 g/mol. The average molecular weight is 240 g/mol. The van der Waals surface area contributed by atoms with E-state index < -0.39 is 0 Å². The zero-order valence-corrected chi connectivity index (χ0v) is 10.9. The minimum absolute atomic E-state index is 0.0913. The van der Waals surface area contributed by atoms with Gasteiger partial charge in [-0.05, 0) is 20.3 Å². The van der Waals surface area contributed by atoms with E-state index in [0.717, 1.165) is 45.7 Å². The lowest BCUT2D eigenvalue weighted by atomic mass is 10.1. The molecule has 98 valence electrons. The zero-order valence-electron chi connectivity index (χ0n) is 10.9. The van der Waals surface area contributed by atoms with E-state index in [2.05, 4.69) is 15.5 Å². The zero-order chi connectivity index (χ0) is 12.3. The van der Waals surface area contributed by atoms with E-state index >= 15 is 0 Å². The van der Waals surface area contributed by atoms with Gasteiger partial charge in [0, 0.05) is 51.4 Å². The van der Waals surface area contributed by atoms with Gasteiger partial charge < -0.3 is 15.5 Å². The number of hydrogen-bond acceptors (Lipinski definition) is 3. The van der Waals surface area contributed by atoms with E-state index in [4.69, 9.17) is 0 Å². The van der Waals surface area contributed by atoms with Gasteiger partial charge in [-0.1, -0.05) is 0 Å². The van der Waals surface area contributed by atoms with Gasteiger partial charge in [0.1, 0.15) is 0 Å². The maximum Gasteiger partial charge on any atom is 0.317 e. The Bertz CT molecular complexity index is 265. The molecule has 5 heteroatoms. The van der Waals surface area contributed by atoms with Crippen LogP contribution >= 0.6 is 0 Å². The summed E-state index contributed by atoms with van der Waals surface area (Å²) < 4.78 is 0. The average Bonchev–Trinajstić information content (AvgIpc) is 2.40. The lowest BCUT2D eigenvalue weighted by molar-refractivity contribution is 0.149. The predicted octanol–water partition coefficient (Wildman–Crippen LogP) is 0.0839. The van der Waals surface area contributed by atoms with Gasteiger partial charge in [0.2, 0.25) is 0 Å². The molecule has 0 spiro atoms. The third kappa shape index (κ3) is 3.33.